The lowest BCUT2D eigenvalue weighted by Gasteiger charge is -2.31. The second-order valence-electron chi connectivity index (χ2n) is 4.32. The molecule has 3 nitrogen and oxygen atoms in total. The molecule has 1 atom stereocenters. The first kappa shape index (κ1) is 13.2. The van der Waals surface area contributed by atoms with E-state index in [2.05, 4.69) is 34.3 Å². The summed E-state index contributed by atoms with van der Waals surface area (Å²) in [5.41, 5.74) is 1.23. The largest absolute Gasteiger partial charge is 0.346 e. The number of hydrogen-bond acceptors (Lipinski definition) is 5. The van der Waals surface area contributed by atoms with Crippen LogP contribution in [0.2, 0.25) is 0 Å². The molecule has 0 amide bonds. The van der Waals surface area contributed by atoms with Gasteiger partial charge in [0.2, 0.25) is 0 Å². The molecule has 0 radical (unpaired) electrons. The van der Waals surface area contributed by atoms with Crippen molar-refractivity contribution in [2.24, 2.45) is 0 Å². The molecule has 1 aliphatic heterocycles. The first-order valence-electron chi connectivity index (χ1n) is 6.29. The molecule has 1 aliphatic rings. The summed E-state index contributed by atoms with van der Waals surface area (Å²) in [5.74, 6) is 1.24. The fourth-order valence-electron chi connectivity index (χ4n) is 1.95. The summed E-state index contributed by atoms with van der Waals surface area (Å²) >= 11 is 3.90. The molecule has 1 aromatic heterocycles. The molecular weight excluding hydrogens is 250 g/mol. The van der Waals surface area contributed by atoms with Gasteiger partial charge >= 0.3 is 0 Å². The van der Waals surface area contributed by atoms with Crippen molar-refractivity contribution in [1.82, 2.24) is 10.3 Å². The zero-order valence-corrected chi connectivity index (χ0v) is 12.2. The van der Waals surface area contributed by atoms with Crippen LogP contribution in [0.5, 0.6) is 0 Å². The van der Waals surface area contributed by atoms with Gasteiger partial charge < -0.3 is 10.2 Å². The Kier molecular flexibility index (Phi) is 5.13. The predicted octanol–water partition coefficient (Wildman–Crippen LogP) is 2.24. The fourth-order valence-corrected chi connectivity index (χ4v) is 4.03. The molecule has 0 bridgehead atoms. The Balaban J connectivity index is 1.94. The highest BCUT2D eigenvalue weighted by Gasteiger charge is 2.21. The van der Waals surface area contributed by atoms with Gasteiger partial charge in [-0.15, -0.1) is 11.3 Å². The van der Waals surface area contributed by atoms with E-state index in [1.54, 1.807) is 11.3 Å². The monoisotopic (exact) mass is 271 g/mol. The number of thioether (sulfide) groups is 1. The summed E-state index contributed by atoms with van der Waals surface area (Å²) in [5, 5.41) is 7.38. The van der Waals surface area contributed by atoms with Crippen molar-refractivity contribution in [3.05, 3.63) is 11.1 Å². The average Bonchev–Trinajstić information content (AvgIpc) is 2.85. The van der Waals surface area contributed by atoms with E-state index < -0.39 is 0 Å². The Morgan fingerprint density at radius 2 is 2.47 bits per heavy atom. The van der Waals surface area contributed by atoms with Crippen molar-refractivity contribution < 1.29 is 0 Å². The molecule has 1 N–H and O–H groups in total. The Morgan fingerprint density at radius 1 is 1.59 bits per heavy atom. The Bertz CT molecular complexity index is 340. The lowest BCUT2D eigenvalue weighted by Crippen LogP contribution is -2.37. The van der Waals surface area contributed by atoms with Gasteiger partial charge in [0.15, 0.2) is 5.13 Å². The number of likely N-dealkylation sites (N-methyl/N-ethyl adjacent to an activating group) is 1. The van der Waals surface area contributed by atoms with Crippen LogP contribution in [-0.4, -0.2) is 42.7 Å². The molecule has 0 aromatic carbocycles. The van der Waals surface area contributed by atoms with Crippen molar-refractivity contribution >= 4 is 28.2 Å². The molecule has 1 saturated heterocycles. The zero-order valence-electron chi connectivity index (χ0n) is 10.6. The highest BCUT2D eigenvalue weighted by molar-refractivity contribution is 8.00. The summed E-state index contributed by atoms with van der Waals surface area (Å²) < 4.78 is 0. The minimum Gasteiger partial charge on any atom is -0.346 e. The van der Waals surface area contributed by atoms with E-state index in [1.165, 1.54) is 29.5 Å². The molecule has 0 spiro atoms. The van der Waals surface area contributed by atoms with Crippen molar-refractivity contribution in [1.29, 1.82) is 0 Å². The molecular formula is C12H21N3S2. The van der Waals surface area contributed by atoms with Crippen molar-refractivity contribution in [2.75, 3.05) is 37.3 Å². The first-order valence-corrected chi connectivity index (χ1v) is 8.22. The van der Waals surface area contributed by atoms with Crippen LogP contribution >= 0.6 is 23.1 Å². The summed E-state index contributed by atoms with van der Waals surface area (Å²) in [6.45, 7) is 5.61. The molecule has 96 valence electrons. The van der Waals surface area contributed by atoms with Gasteiger partial charge in [-0.3, -0.25) is 0 Å². The predicted molar refractivity (Wildman–Crippen MR) is 78.5 cm³/mol. The smallest absolute Gasteiger partial charge is 0.185 e. The number of rotatable bonds is 5. The maximum absolute atomic E-state index is 4.74. The van der Waals surface area contributed by atoms with E-state index in [-0.39, 0.29) is 0 Å². The molecule has 1 fully saturated rings. The van der Waals surface area contributed by atoms with Crippen LogP contribution in [0.3, 0.4) is 0 Å². The van der Waals surface area contributed by atoms with E-state index >= 15 is 0 Å². The maximum atomic E-state index is 4.74. The van der Waals surface area contributed by atoms with Crippen LogP contribution in [0, 0.1) is 0 Å². The maximum Gasteiger partial charge on any atom is 0.185 e. The van der Waals surface area contributed by atoms with Crippen LogP contribution < -0.4 is 10.2 Å². The summed E-state index contributed by atoms with van der Waals surface area (Å²) in [6, 6.07) is 0. The topological polar surface area (TPSA) is 28.2 Å². The van der Waals surface area contributed by atoms with Gasteiger partial charge in [-0.2, -0.15) is 11.8 Å². The van der Waals surface area contributed by atoms with Gasteiger partial charge in [-0.25, -0.2) is 4.98 Å². The second kappa shape index (κ2) is 6.61. The lowest BCUT2D eigenvalue weighted by atomic mass is 10.3. The van der Waals surface area contributed by atoms with E-state index in [4.69, 9.17) is 4.98 Å². The highest BCUT2D eigenvalue weighted by Crippen LogP contribution is 2.28. The van der Waals surface area contributed by atoms with E-state index in [1.807, 2.05) is 7.05 Å². The van der Waals surface area contributed by atoms with Gasteiger partial charge in [0.1, 0.15) is 0 Å². The molecule has 0 saturated carbocycles. The number of thiazole rings is 1. The van der Waals surface area contributed by atoms with Crippen LogP contribution in [-0.2, 0) is 6.42 Å². The molecule has 1 aromatic rings. The van der Waals surface area contributed by atoms with Crippen molar-refractivity contribution in [3.63, 3.8) is 0 Å². The molecule has 2 heterocycles. The molecule has 5 heteroatoms. The fraction of sp³-hybridized carbons (Fsp3) is 0.750. The van der Waals surface area contributed by atoms with Gasteiger partial charge in [0.05, 0.1) is 5.69 Å². The summed E-state index contributed by atoms with van der Waals surface area (Å²) in [6.07, 6.45) is 2.30. The van der Waals surface area contributed by atoms with E-state index in [9.17, 15) is 0 Å². The van der Waals surface area contributed by atoms with Crippen molar-refractivity contribution in [3.8, 4) is 0 Å². The summed E-state index contributed by atoms with van der Waals surface area (Å²) in [4.78, 5) is 7.19. The van der Waals surface area contributed by atoms with Crippen molar-refractivity contribution in [2.45, 2.75) is 25.0 Å². The molecule has 2 rings (SSSR count). The SMILES string of the molecule is CCC1CN(c2nc(CCNC)cs2)CCS1. The van der Waals surface area contributed by atoms with Crippen LogP contribution in [0.25, 0.3) is 0 Å². The number of hydrogen-bond donors (Lipinski definition) is 1. The highest BCUT2D eigenvalue weighted by atomic mass is 32.2. The third kappa shape index (κ3) is 3.60. The van der Waals surface area contributed by atoms with Crippen LogP contribution in [0.15, 0.2) is 5.38 Å². The molecule has 17 heavy (non-hydrogen) atoms. The van der Waals surface area contributed by atoms with Gasteiger partial charge in [0.25, 0.3) is 0 Å². The number of nitrogens with zero attached hydrogens (tertiary/aromatic N) is 2. The quantitative estimate of drug-likeness (QED) is 0.889. The Morgan fingerprint density at radius 3 is 3.24 bits per heavy atom. The van der Waals surface area contributed by atoms with E-state index in [0.717, 1.165) is 24.8 Å². The first-order chi connectivity index (χ1) is 8.33. The Hall–Kier alpha value is -0.260. The lowest BCUT2D eigenvalue weighted by molar-refractivity contribution is 0.722. The summed E-state index contributed by atoms with van der Waals surface area (Å²) in [7, 11) is 1.99. The third-order valence-corrected chi connectivity index (χ3v) is 5.36. The zero-order chi connectivity index (χ0) is 12.1. The third-order valence-electron chi connectivity index (χ3n) is 3.04. The number of anilines is 1. The standard InChI is InChI=1S/C12H21N3S2/c1-3-11-8-15(6-7-16-11)12-14-10(9-17-12)4-5-13-2/h9,11,13H,3-8H2,1-2H3. The minimum absolute atomic E-state index is 0.786. The van der Waals surface area contributed by atoms with Crippen LogP contribution in [0.1, 0.15) is 19.0 Å². The van der Waals surface area contributed by atoms with Crippen LogP contribution in [0.4, 0.5) is 5.13 Å². The molecule has 1 unspecified atom stereocenters. The van der Waals surface area contributed by atoms with Gasteiger partial charge in [-0.05, 0) is 13.5 Å². The molecule has 0 aliphatic carbocycles. The average molecular weight is 271 g/mol. The number of nitrogens with one attached hydrogen (secondary N) is 1. The normalized spacial score (nSPS) is 20.8. The van der Waals surface area contributed by atoms with E-state index in [0.29, 0.717) is 0 Å². The number of aromatic nitrogens is 1. The van der Waals surface area contributed by atoms with Gasteiger partial charge in [0, 0.05) is 42.4 Å². The minimum atomic E-state index is 0.786. The van der Waals surface area contributed by atoms with Gasteiger partial charge in [-0.1, -0.05) is 6.92 Å². The second-order valence-corrected chi connectivity index (χ2v) is 6.57. The Labute approximate surface area is 112 Å².